The van der Waals surface area contributed by atoms with Crippen molar-refractivity contribution in [2.24, 2.45) is 0 Å². The zero-order valence-electron chi connectivity index (χ0n) is 8.01. The molecule has 0 amide bonds. The summed E-state index contributed by atoms with van der Waals surface area (Å²) < 4.78 is 1.82. The van der Waals surface area contributed by atoms with Crippen LogP contribution < -0.4 is 5.73 Å². The molecule has 0 fully saturated rings. The third kappa shape index (κ3) is 1.46. The summed E-state index contributed by atoms with van der Waals surface area (Å²) in [7, 11) is 0. The number of hydrogen-bond acceptors (Lipinski definition) is 3. The van der Waals surface area contributed by atoms with Crippen LogP contribution in [0.5, 0.6) is 0 Å². The van der Waals surface area contributed by atoms with E-state index >= 15 is 0 Å². The van der Waals surface area contributed by atoms with Crippen molar-refractivity contribution in [2.45, 2.75) is 13.5 Å². The zero-order valence-corrected chi connectivity index (χ0v) is 8.01. The summed E-state index contributed by atoms with van der Waals surface area (Å²) in [6.45, 7) is 2.85. The number of pyridine rings is 1. The van der Waals surface area contributed by atoms with Gasteiger partial charge < -0.3 is 5.73 Å². The average molecular weight is 188 g/mol. The van der Waals surface area contributed by atoms with Crippen LogP contribution in [-0.4, -0.2) is 14.8 Å². The van der Waals surface area contributed by atoms with Crippen LogP contribution in [0.25, 0.3) is 11.3 Å². The number of hydrogen-bond donors (Lipinski definition) is 1. The summed E-state index contributed by atoms with van der Waals surface area (Å²) in [6, 6.07) is 3.82. The molecule has 14 heavy (non-hydrogen) atoms. The molecule has 2 N–H and O–H groups in total. The van der Waals surface area contributed by atoms with Crippen LogP contribution in [0.15, 0.2) is 30.7 Å². The van der Waals surface area contributed by atoms with Crippen LogP contribution in [-0.2, 0) is 6.54 Å². The van der Waals surface area contributed by atoms with Gasteiger partial charge in [0.25, 0.3) is 0 Å². The highest BCUT2D eigenvalue weighted by atomic mass is 15.3. The van der Waals surface area contributed by atoms with Gasteiger partial charge in [0.1, 0.15) is 5.69 Å². The molecule has 0 saturated carbocycles. The van der Waals surface area contributed by atoms with Gasteiger partial charge in [0.15, 0.2) is 0 Å². The Morgan fingerprint density at radius 2 is 2.36 bits per heavy atom. The molecule has 0 saturated heterocycles. The maximum absolute atomic E-state index is 5.84. The van der Waals surface area contributed by atoms with E-state index < -0.39 is 0 Å². The van der Waals surface area contributed by atoms with Crippen LogP contribution >= 0.6 is 0 Å². The fraction of sp³-hybridized carbons (Fsp3) is 0.200. The lowest BCUT2D eigenvalue weighted by Crippen LogP contribution is -1.93. The van der Waals surface area contributed by atoms with Gasteiger partial charge in [-0.2, -0.15) is 5.10 Å². The van der Waals surface area contributed by atoms with Gasteiger partial charge in [-0.3, -0.25) is 9.67 Å². The molecule has 0 aliphatic carbocycles. The number of rotatable bonds is 2. The molecule has 72 valence electrons. The van der Waals surface area contributed by atoms with Crippen molar-refractivity contribution >= 4 is 5.69 Å². The van der Waals surface area contributed by atoms with E-state index in [1.807, 2.05) is 29.9 Å². The first-order valence-corrected chi connectivity index (χ1v) is 4.54. The largest absolute Gasteiger partial charge is 0.396 e. The van der Waals surface area contributed by atoms with Gasteiger partial charge in [-0.25, -0.2) is 0 Å². The SMILES string of the molecule is CCn1cc(N)c(-c2cccnc2)n1. The molecule has 2 rings (SSSR count). The fourth-order valence-corrected chi connectivity index (χ4v) is 1.33. The number of aryl methyl sites for hydroxylation is 1. The second kappa shape index (κ2) is 3.49. The maximum Gasteiger partial charge on any atom is 0.117 e. The Kier molecular flexibility index (Phi) is 2.18. The van der Waals surface area contributed by atoms with Gasteiger partial charge in [0.2, 0.25) is 0 Å². The van der Waals surface area contributed by atoms with E-state index in [0.717, 1.165) is 17.8 Å². The molecule has 0 unspecified atom stereocenters. The molecule has 0 radical (unpaired) electrons. The predicted molar refractivity (Wildman–Crippen MR) is 55.5 cm³/mol. The number of nitrogens with zero attached hydrogens (tertiary/aromatic N) is 3. The number of nitrogen functional groups attached to an aromatic ring is 1. The van der Waals surface area contributed by atoms with E-state index in [4.69, 9.17) is 5.73 Å². The van der Waals surface area contributed by atoms with Gasteiger partial charge >= 0.3 is 0 Å². The van der Waals surface area contributed by atoms with Crippen molar-refractivity contribution in [3.8, 4) is 11.3 Å². The maximum atomic E-state index is 5.84. The number of anilines is 1. The van der Waals surface area contributed by atoms with Crippen LogP contribution in [0.3, 0.4) is 0 Å². The van der Waals surface area contributed by atoms with E-state index in [9.17, 15) is 0 Å². The van der Waals surface area contributed by atoms with Crippen molar-refractivity contribution in [3.63, 3.8) is 0 Å². The first-order chi connectivity index (χ1) is 6.81. The molecule has 4 nitrogen and oxygen atoms in total. The van der Waals surface area contributed by atoms with Crippen molar-refractivity contribution in [1.29, 1.82) is 0 Å². The Morgan fingerprint density at radius 1 is 1.50 bits per heavy atom. The Labute approximate surface area is 82.4 Å². The molecule has 2 aromatic heterocycles. The molecule has 0 aliphatic rings. The van der Waals surface area contributed by atoms with Gasteiger partial charge in [-0.05, 0) is 19.1 Å². The van der Waals surface area contributed by atoms with Gasteiger partial charge in [-0.15, -0.1) is 0 Å². The Morgan fingerprint density at radius 3 is 2.93 bits per heavy atom. The molecule has 0 spiro atoms. The first-order valence-electron chi connectivity index (χ1n) is 4.54. The predicted octanol–water partition coefficient (Wildman–Crippen LogP) is 1.55. The quantitative estimate of drug-likeness (QED) is 0.777. The molecule has 0 aliphatic heterocycles. The van der Waals surface area contributed by atoms with Crippen molar-refractivity contribution in [1.82, 2.24) is 14.8 Å². The highest BCUT2D eigenvalue weighted by molar-refractivity contribution is 5.71. The lowest BCUT2D eigenvalue weighted by molar-refractivity contribution is 0.662. The van der Waals surface area contributed by atoms with E-state index in [0.29, 0.717) is 5.69 Å². The summed E-state index contributed by atoms with van der Waals surface area (Å²) in [6.07, 6.45) is 5.33. The smallest absolute Gasteiger partial charge is 0.117 e. The minimum atomic E-state index is 0.694. The Bertz CT molecular complexity index is 419. The summed E-state index contributed by atoms with van der Waals surface area (Å²) in [5, 5.41) is 4.35. The number of aromatic nitrogens is 3. The molecule has 0 aromatic carbocycles. The Balaban J connectivity index is 2.46. The average Bonchev–Trinajstić information content (AvgIpc) is 2.61. The summed E-state index contributed by atoms with van der Waals surface area (Å²) >= 11 is 0. The number of nitrogens with two attached hydrogens (primary N) is 1. The second-order valence-electron chi connectivity index (χ2n) is 3.03. The lowest BCUT2D eigenvalue weighted by atomic mass is 10.2. The Hall–Kier alpha value is -1.84. The molecule has 4 heteroatoms. The molecular formula is C10H12N4. The van der Waals surface area contributed by atoms with Crippen molar-refractivity contribution in [3.05, 3.63) is 30.7 Å². The van der Waals surface area contributed by atoms with E-state index in [2.05, 4.69) is 10.1 Å². The van der Waals surface area contributed by atoms with Gasteiger partial charge in [0.05, 0.1) is 5.69 Å². The third-order valence-corrected chi connectivity index (χ3v) is 2.05. The van der Waals surface area contributed by atoms with Crippen LogP contribution in [0, 0.1) is 0 Å². The highest BCUT2D eigenvalue weighted by Crippen LogP contribution is 2.22. The van der Waals surface area contributed by atoms with Crippen molar-refractivity contribution < 1.29 is 0 Å². The third-order valence-electron chi connectivity index (χ3n) is 2.05. The summed E-state index contributed by atoms with van der Waals surface area (Å²) in [5.41, 5.74) is 8.29. The molecule has 2 heterocycles. The highest BCUT2D eigenvalue weighted by Gasteiger charge is 2.06. The van der Waals surface area contributed by atoms with Crippen LogP contribution in [0.1, 0.15) is 6.92 Å². The fourth-order valence-electron chi connectivity index (χ4n) is 1.33. The van der Waals surface area contributed by atoms with Gasteiger partial charge in [0, 0.05) is 30.7 Å². The topological polar surface area (TPSA) is 56.7 Å². The van der Waals surface area contributed by atoms with Crippen LogP contribution in [0.2, 0.25) is 0 Å². The first kappa shape index (κ1) is 8.74. The molecule has 0 bridgehead atoms. The molecular weight excluding hydrogens is 176 g/mol. The zero-order chi connectivity index (χ0) is 9.97. The van der Waals surface area contributed by atoms with Gasteiger partial charge in [-0.1, -0.05) is 0 Å². The molecule has 2 aromatic rings. The normalized spacial score (nSPS) is 10.4. The molecule has 0 atom stereocenters. The van der Waals surface area contributed by atoms with Crippen molar-refractivity contribution in [2.75, 3.05) is 5.73 Å². The van der Waals surface area contributed by atoms with E-state index in [1.54, 1.807) is 12.4 Å². The van der Waals surface area contributed by atoms with E-state index in [-0.39, 0.29) is 0 Å². The minimum absolute atomic E-state index is 0.694. The summed E-state index contributed by atoms with van der Waals surface area (Å²) in [5.74, 6) is 0. The van der Waals surface area contributed by atoms with E-state index in [1.165, 1.54) is 0 Å². The monoisotopic (exact) mass is 188 g/mol. The minimum Gasteiger partial charge on any atom is -0.396 e. The second-order valence-corrected chi connectivity index (χ2v) is 3.03. The summed E-state index contributed by atoms with van der Waals surface area (Å²) in [4.78, 5) is 4.03. The van der Waals surface area contributed by atoms with Crippen LogP contribution in [0.4, 0.5) is 5.69 Å². The lowest BCUT2D eigenvalue weighted by Gasteiger charge is -1.96. The standard InChI is InChI=1S/C10H12N4/c1-2-14-7-9(11)10(13-14)8-4-3-5-12-6-8/h3-7H,2,11H2,1H3.